The fourth-order valence-corrected chi connectivity index (χ4v) is 3.65. The Morgan fingerprint density at radius 1 is 1.44 bits per heavy atom. The zero-order valence-electron chi connectivity index (χ0n) is 10.1. The van der Waals surface area contributed by atoms with Crippen LogP contribution in [0.5, 0.6) is 0 Å². The Bertz CT molecular complexity index is 462. The molecule has 0 aliphatic heterocycles. The first kappa shape index (κ1) is 11.8. The van der Waals surface area contributed by atoms with Crippen molar-refractivity contribution in [1.29, 1.82) is 0 Å². The number of nitrogens with zero attached hydrogens (tertiary/aromatic N) is 2. The van der Waals surface area contributed by atoms with Crippen LogP contribution in [-0.4, -0.2) is 44.0 Å². The number of rotatable bonds is 4. The van der Waals surface area contributed by atoms with Crippen LogP contribution in [-0.2, 0) is 6.42 Å². The van der Waals surface area contributed by atoms with Crippen LogP contribution >= 0.6 is 0 Å². The van der Waals surface area contributed by atoms with Gasteiger partial charge in [0.2, 0.25) is 0 Å². The van der Waals surface area contributed by atoms with Gasteiger partial charge in [0.05, 0.1) is 0 Å². The van der Waals surface area contributed by atoms with Crippen LogP contribution in [0.3, 0.4) is 0 Å². The fraction of sp³-hybridized carbons (Fsp3) is 0.462. The molecule has 0 atom stereocenters. The van der Waals surface area contributed by atoms with Gasteiger partial charge in [-0.3, -0.25) is 0 Å². The van der Waals surface area contributed by atoms with Gasteiger partial charge in [-0.05, 0) is 0 Å². The zero-order chi connectivity index (χ0) is 11.5. The van der Waals surface area contributed by atoms with Gasteiger partial charge in [0.1, 0.15) is 0 Å². The number of hydrogen-bond acceptors (Lipinski definition) is 2. The maximum absolute atomic E-state index is 4.43. The molecule has 2 aromatic rings. The van der Waals surface area contributed by atoms with Crippen LogP contribution in [0.2, 0.25) is 0 Å². The molecule has 3 heteroatoms. The Labute approximate surface area is 103 Å². The van der Waals surface area contributed by atoms with E-state index < -0.39 is 0 Å². The Balaban J connectivity index is 2.10. The van der Waals surface area contributed by atoms with Gasteiger partial charge in [0, 0.05) is 0 Å². The molecular weight excluding hydrogens is 263 g/mol. The van der Waals surface area contributed by atoms with Crippen molar-refractivity contribution >= 4 is 24.3 Å². The summed E-state index contributed by atoms with van der Waals surface area (Å²) >= 11 is 0.461. The van der Waals surface area contributed by atoms with Crippen molar-refractivity contribution in [2.24, 2.45) is 0 Å². The molecule has 0 aromatic carbocycles. The molecule has 0 saturated carbocycles. The molecule has 16 heavy (non-hydrogen) atoms. The summed E-state index contributed by atoms with van der Waals surface area (Å²) in [5, 5.41) is 1.39. The van der Waals surface area contributed by atoms with Crippen LogP contribution in [0.15, 0.2) is 23.3 Å². The Morgan fingerprint density at radius 2 is 2.25 bits per heavy atom. The van der Waals surface area contributed by atoms with Gasteiger partial charge in [0.25, 0.3) is 0 Å². The average molecular weight is 281 g/mol. The van der Waals surface area contributed by atoms with Gasteiger partial charge in [-0.1, -0.05) is 0 Å². The monoisotopic (exact) mass is 282 g/mol. The van der Waals surface area contributed by atoms with E-state index in [2.05, 4.69) is 41.8 Å². The molecule has 2 nitrogen and oxygen atoms in total. The minimum absolute atomic E-state index is 0.461. The molecule has 2 aromatic heterocycles. The summed E-state index contributed by atoms with van der Waals surface area (Å²) in [6.45, 7) is 5.61. The second-order valence-electron chi connectivity index (χ2n) is 4.44. The third-order valence-corrected chi connectivity index (χ3v) is 5.04. The third-order valence-electron chi connectivity index (χ3n) is 3.05. The molecule has 86 valence electrons. The number of aromatic nitrogens is 1. The topological polar surface area (TPSA) is 16.1 Å². The molecule has 0 saturated heterocycles. The van der Waals surface area contributed by atoms with E-state index in [0.29, 0.717) is 20.5 Å². The van der Waals surface area contributed by atoms with Crippen molar-refractivity contribution < 1.29 is 0 Å². The van der Waals surface area contributed by atoms with Crippen molar-refractivity contribution in [2.75, 3.05) is 13.6 Å². The van der Waals surface area contributed by atoms with Gasteiger partial charge < -0.3 is 0 Å². The molecule has 2 rings (SSSR count). The predicted octanol–water partition coefficient (Wildman–Crippen LogP) is 2.17. The number of pyridine rings is 1. The van der Waals surface area contributed by atoms with Gasteiger partial charge in [-0.15, -0.1) is 0 Å². The van der Waals surface area contributed by atoms with Gasteiger partial charge in [0.15, 0.2) is 0 Å². The van der Waals surface area contributed by atoms with Crippen LogP contribution < -0.4 is 0 Å². The zero-order valence-corrected chi connectivity index (χ0v) is 11.8. The molecule has 2 heterocycles. The first-order chi connectivity index (χ1) is 7.68. The molecule has 0 amide bonds. The van der Waals surface area contributed by atoms with Crippen LogP contribution in [0.1, 0.15) is 19.4 Å². The van der Waals surface area contributed by atoms with Gasteiger partial charge >= 0.3 is 103 Å². The SMILES string of the molecule is CC(C)N(C)CCc1c[se]c2ncccc12. The quantitative estimate of drug-likeness (QED) is 0.799. The van der Waals surface area contributed by atoms with E-state index in [1.807, 2.05) is 12.3 Å². The molecule has 0 bridgehead atoms. The van der Waals surface area contributed by atoms with Crippen LogP contribution in [0.25, 0.3) is 9.78 Å². The van der Waals surface area contributed by atoms with E-state index in [-0.39, 0.29) is 0 Å². The van der Waals surface area contributed by atoms with E-state index in [1.54, 1.807) is 0 Å². The van der Waals surface area contributed by atoms with Crippen LogP contribution in [0.4, 0.5) is 0 Å². The van der Waals surface area contributed by atoms with Gasteiger partial charge in [-0.2, -0.15) is 0 Å². The van der Waals surface area contributed by atoms with E-state index in [0.717, 1.165) is 13.0 Å². The Kier molecular flexibility index (Phi) is 3.80. The number of likely N-dealkylation sites (N-methyl/N-ethyl adjacent to an activating group) is 1. The third kappa shape index (κ3) is 2.54. The standard InChI is InChI=1S/C13H18N2Se/c1-10(2)15(3)8-6-11-9-16-13-12(11)5-4-7-14-13/h4-5,7,9-10H,6,8H2,1-3H3. The molecular formula is C13H18N2Se. The minimum atomic E-state index is 0.461. The molecule has 0 N–H and O–H groups in total. The average Bonchev–Trinajstić information content (AvgIpc) is 2.69. The maximum atomic E-state index is 4.43. The summed E-state index contributed by atoms with van der Waals surface area (Å²) in [7, 11) is 2.19. The second-order valence-corrected chi connectivity index (χ2v) is 6.24. The molecule has 0 radical (unpaired) electrons. The van der Waals surface area contributed by atoms with E-state index in [9.17, 15) is 0 Å². The summed E-state index contributed by atoms with van der Waals surface area (Å²) in [5.41, 5.74) is 1.50. The molecule has 0 aliphatic rings. The fourth-order valence-electron chi connectivity index (χ4n) is 1.67. The summed E-state index contributed by atoms with van der Waals surface area (Å²) < 4.78 is 1.30. The van der Waals surface area contributed by atoms with Gasteiger partial charge in [-0.25, -0.2) is 0 Å². The molecule has 0 aliphatic carbocycles. The molecule has 0 unspecified atom stereocenters. The van der Waals surface area contributed by atoms with Crippen molar-refractivity contribution in [3.63, 3.8) is 0 Å². The molecule has 0 fully saturated rings. The van der Waals surface area contributed by atoms with E-state index in [1.165, 1.54) is 15.3 Å². The second kappa shape index (κ2) is 5.13. The number of hydrogen-bond donors (Lipinski definition) is 0. The van der Waals surface area contributed by atoms with Crippen molar-refractivity contribution in [2.45, 2.75) is 26.3 Å². The number of fused-ring (bicyclic) bond motifs is 1. The first-order valence-corrected chi connectivity index (χ1v) is 7.54. The van der Waals surface area contributed by atoms with E-state index >= 15 is 0 Å². The summed E-state index contributed by atoms with van der Waals surface area (Å²) in [6, 6.07) is 4.87. The first-order valence-electron chi connectivity index (χ1n) is 5.70. The normalized spacial score (nSPS) is 11.8. The summed E-state index contributed by atoms with van der Waals surface area (Å²) in [6.07, 6.45) is 3.05. The van der Waals surface area contributed by atoms with Crippen molar-refractivity contribution in [3.05, 3.63) is 28.8 Å². The van der Waals surface area contributed by atoms with Crippen LogP contribution in [0, 0.1) is 0 Å². The summed E-state index contributed by atoms with van der Waals surface area (Å²) in [4.78, 5) is 9.21. The Morgan fingerprint density at radius 3 is 3.00 bits per heavy atom. The Hall–Kier alpha value is -0.631. The van der Waals surface area contributed by atoms with E-state index in [4.69, 9.17) is 0 Å². The predicted molar refractivity (Wildman–Crippen MR) is 70.2 cm³/mol. The molecule has 0 spiro atoms. The van der Waals surface area contributed by atoms with Crippen molar-refractivity contribution in [1.82, 2.24) is 9.88 Å². The summed E-state index contributed by atoms with van der Waals surface area (Å²) in [5.74, 6) is 0. The van der Waals surface area contributed by atoms with Crippen molar-refractivity contribution in [3.8, 4) is 0 Å².